The van der Waals surface area contributed by atoms with E-state index >= 15 is 0 Å². The van der Waals surface area contributed by atoms with Crippen LogP contribution in [0.4, 0.5) is 13.2 Å². The van der Waals surface area contributed by atoms with E-state index in [9.17, 15) is 22.8 Å². The highest BCUT2D eigenvalue weighted by molar-refractivity contribution is 5.84. The van der Waals surface area contributed by atoms with Gasteiger partial charge in [0.15, 0.2) is 17.7 Å². The van der Waals surface area contributed by atoms with Crippen LogP contribution in [0.15, 0.2) is 18.2 Å². The molecule has 0 aliphatic carbocycles. The van der Waals surface area contributed by atoms with Crippen molar-refractivity contribution in [3.8, 4) is 5.75 Å². The van der Waals surface area contributed by atoms with E-state index < -0.39 is 41.8 Å². The Kier molecular flexibility index (Phi) is 4.30. The minimum absolute atomic E-state index is 0.0485. The summed E-state index contributed by atoms with van der Waals surface area (Å²) in [6, 6.07) is 2.80. The summed E-state index contributed by atoms with van der Waals surface area (Å²) in [5.74, 6) is -4.45. The Morgan fingerprint density at radius 1 is 1.36 bits per heavy atom. The van der Waals surface area contributed by atoms with Crippen molar-refractivity contribution in [2.45, 2.75) is 25.1 Å². The summed E-state index contributed by atoms with van der Waals surface area (Å²) in [5, 5.41) is 8.78. The smallest absolute Gasteiger partial charge is 0.343 e. The number of nitrogens with zero attached hydrogens (tertiary/aromatic N) is 1. The zero-order chi connectivity index (χ0) is 16.5. The summed E-state index contributed by atoms with van der Waals surface area (Å²) in [5.41, 5.74) is -2.46. The number of carbonyl (C=O) groups excluding carboxylic acids is 1. The van der Waals surface area contributed by atoms with Gasteiger partial charge in [-0.3, -0.25) is 4.79 Å². The van der Waals surface area contributed by atoms with Crippen LogP contribution in [0, 0.1) is 11.6 Å². The van der Waals surface area contributed by atoms with Gasteiger partial charge in [0.1, 0.15) is 5.75 Å². The molecular weight excluding hydrogens is 303 g/mol. The Bertz CT molecular complexity index is 610. The van der Waals surface area contributed by atoms with Gasteiger partial charge >= 0.3 is 5.97 Å². The molecule has 8 heteroatoms. The second-order valence-corrected chi connectivity index (χ2v) is 5.12. The predicted molar refractivity (Wildman–Crippen MR) is 69.1 cm³/mol. The topological polar surface area (TPSA) is 66.8 Å². The number of halogens is 3. The Morgan fingerprint density at radius 3 is 2.59 bits per heavy atom. The fraction of sp³-hybridized carbons (Fsp3) is 0.429. The number of carboxylic acid groups (broad SMARTS) is 1. The van der Waals surface area contributed by atoms with Gasteiger partial charge in [-0.15, -0.1) is 0 Å². The summed E-state index contributed by atoms with van der Waals surface area (Å²) in [6.07, 6.45) is -1.38. The third-order valence-electron chi connectivity index (χ3n) is 3.47. The molecule has 1 aromatic carbocycles. The lowest BCUT2D eigenvalue weighted by Gasteiger charge is -2.22. The van der Waals surface area contributed by atoms with Gasteiger partial charge in [0.2, 0.25) is 5.67 Å². The highest BCUT2D eigenvalue weighted by Crippen LogP contribution is 2.27. The Labute approximate surface area is 124 Å². The Balaban J connectivity index is 2.01. The van der Waals surface area contributed by atoms with Crippen LogP contribution in [0.25, 0.3) is 0 Å². The molecule has 2 rings (SSSR count). The van der Waals surface area contributed by atoms with Crippen LogP contribution in [0.3, 0.4) is 0 Å². The van der Waals surface area contributed by atoms with E-state index in [2.05, 4.69) is 0 Å². The van der Waals surface area contributed by atoms with Crippen LogP contribution >= 0.6 is 0 Å². The number of alkyl halides is 1. The molecule has 0 saturated carbocycles. The van der Waals surface area contributed by atoms with E-state index in [-0.39, 0.29) is 18.7 Å². The fourth-order valence-electron chi connectivity index (χ4n) is 2.20. The molecule has 2 unspecified atom stereocenters. The molecule has 2 atom stereocenters. The van der Waals surface area contributed by atoms with Gasteiger partial charge in [-0.25, -0.2) is 18.0 Å². The fourth-order valence-corrected chi connectivity index (χ4v) is 2.20. The van der Waals surface area contributed by atoms with Crippen molar-refractivity contribution in [2.75, 3.05) is 13.1 Å². The average Bonchev–Trinajstić information content (AvgIpc) is 2.86. The maximum absolute atomic E-state index is 13.9. The number of aliphatic carboxylic acids is 1. The van der Waals surface area contributed by atoms with Gasteiger partial charge in [0, 0.05) is 19.0 Å². The number of benzene rings is 1. The minimum Gasteiger partial charge on any atom is -0.481 e. The van der Waals surface area contributed by atoms with E-state index in [4.69, 9.17) is 9.84 Å². The number of amides is 1. The molecule has 5 nitrogen and oxygen atoms in total. The van der Waals surface area contributed by atoms with Crippen molar-refractivity contribution in [3.63, 3.8) is 0 Å². The SMILES string of the molecule is CC(Oc1ccc(F)c(F)c1)C(=O)N1CCC(F)(C(=O)O)C1. The van der Waals surface area contributed by atoms with E-state index in [1.807, 2.05) is 0 Å². The Hall–Kier alpha value is -2.25. The molecule has 1 heterocycles. The van der Waals surface area contributed by atoms with Gasteiger partial charge < -0.3 is 14.7 Å². The zero-order valence-corrected chi connectivity index (χ0v) is 11.7. The molecule has 1 N–H and O–H groups in total. The molecule has 0 radical (unpaired) electrons. The molecule has 1 aliphatic heterocycles. The van der Waals surface area contributed by atoms with Crippen molar-refractivity contribution in [3.05, 3.63) is 29.8 Å². The van der Waals surface area contributed by atoms with Gasteiger partial charge in [0.05, 0.1) is 6.54 Å². The monoisotopic (exact) mass is 317 g/mol. The van der Waals surface area contributed by atoms with Crippen molar-refractivity contribution < 1.29 is 32.6 Å². The van der Waals surface area contributed by atoms with Crippen LogP contribution in [0.1, 0.15) is 13.3 Å². The number of ether oxygens (including phenoxy) is 1. The first-order chi connectivity index (χ1) is 10.2. The molecule has 1 aliphatic rings. The van der Waals surface area contributed by atoms with Crippen LogP contribution in [0.5, 0.6) is 5.75 Å². The van der Waals surface area contributed by atoms with Crippen molar-refractivity contribution in [1.82, 2.24) is 4.90 Å². The van der Waals surface area contributed by atoms with E-state index in [0.29, 0.717) is 0 Å². The second kappa shape index (κ2) is 5.86. The maximum atomic E-state index is 13.9. The maximum Gasteiger partial charge on any atom is 0.343 e. The average molecular weight is 317 g/mol. The molecule has 1 saturated heterocycles. The molecule has 1 amide bonds. The van der Waals surface area contributed by atoms with Crippen LogP contribution in [0.2, 0.25) is 0 Å². The lowest BCUT2D eigenvalue weighted by Crippen LogP contribution is -2.43. The molecule has 0 bridgehead atoms. The lowest BCUT2D eigenvalue weighted by atomic mass is 10.1. The van der Waals surface area contributed by atoms with Gasteiger partial charge in [-0.1, -0.05) is 0 Å². The first kappa shape index (κ1) is 16.1. The third-order valence-corrected chi connectivity index (χ3v) is 3.47. The third kappa shape index (κ3) is 3.15. The van der Waals surface area contributed by atoms with Crippen molar-refractivity contribution in [2.24, 2.45) is 0 Å². The summed E-state index contributed by atoms with van der Waals surface area (Å²) in [6.45, 7) is 0.752. The number of hydrogen-bond acceptors (Lipinski definition) is 3. The summed E-state index contributed by atoms with van der Waals surface area (Å²) >= 11 is 0. The molecule has 1 fully saturated rings. The van der Waals surface area contributed by atoms with Gasteiger partial charge in [-0.05, 0) is 19.1 Å². The second-order valence-electron chi connectivity index (χ2n) is 5.12. The quantitative estimate of drug-likeness (QED) is 0.919. The first-order valence-electron chi connectivity index (χ1n) is 6.56. The van der Waals surface area contributed by atoms with Gasteiger partial charge in [0.25, 0.3) is 5.91 Å². The number of rotatable bonds is 4. The van der Waals surface area contributed by atoms with Crippen molar-refractivity contribution in [1.29, 1.82) is 0 Å². The van der Waals surface area contributed by atoms with Crippen LogP contribution < -0.4 is 4.74 Å². The summed E-state index contributed by atoms with van der Waals surface area (Å²) < 4.78 is 44.9. The molecule has 0 aromatic heterocycles. The van der Waals surface area contributed by atoms with E-state index in [1.165, 1.54) is 6.92 Å². The zero-order valence-electron chi connectivity index (χ0n) is 11.7. The molecule has 1 aromatic rings. The van der Waals surface area contributed by atoms with Gasteiger partial charge in [-0.2, -0.15) is 0 Å². The normalized spacial score (nSPS) is 22.5. The number of carbonyl (C=O) groups is 2. The first-order valence-corrected chi connectivity index (χ1v) is 6.56. The lowest BCUT2D eigenvalue weighted by molar-refractivity contribution is -0.150. The Morgan fingerprint density at radius 2 is 2.05 bits per heavy atom. The highest BCUT2D eigenvalue weighted by Gasteiger charge is 2.47. The largest absolute Gasteiger partial charge is 0.481 e. The molecular formula is C14H14F3NO4. The highest BCUT2D eigenvalue weighted by atomic mass is 19.2. The van der Waals surface area contributed by atoms with Crippen LogP contribution in [-0.2, 0) is 9.59 Å². The number of hydrogen-bond donors (Lipinski definition) is 1. The van der Waals surface area contributed by atoms with Crippen molar-refractivity contribution >= 4 is 11.9 Å². The number of likely N-dealkylation sites (tertiary alicyclic amines) is 1. The predicted octanol–water partition coefficient (Wildman–Crippen LogP) is 1.76. The van der Waals surface area contributed by atoms with Crippen LogP contribution in [-0.4, -0.2) is 46.7 Å². The molecule has 0 spiro atoms. The van der Waals surface area contributed by atoms with E-state index in [1.54, 1.807) is 0 Å². The molecule has 120 valence electrons. The number of carboxylic acids is 1. The van der Waals surface area contributed by atoms with E-state index in [0.717, 1.165) is 23.1 Å². The standard InChI is InChI=1S/C14H14F3NO4/c1-8(22-9-2-3-10(15)11(16)6-9)12(19)18-5-4-14(17,7-18)13(20)21/h2-3,6,8H,4-5,7H2,1H3,(H,20,21). The summed E-state index contributed by atoms with van der Waals surface area (Å²) in [4.78, 5) is 23.9. The minimum atomic E-state index is -2.46. The summed E-state index contributed by atoms with van der Waals surface area (Å²) in [7, 11) is 0. The molecule has 22 heavy (non-hydrogen) atoms.